The van der Waals surface area contributed by atoms with E-state index in [1.54, 1.807) is 27.4 Å². The number of ether oxygens (including phenoxy) is 4. The van der Waals surface area contributed by atoms with Crippen LogP contribution in [0.15, 0.2) is 77.2 Å². The van der Waals surface area contributed by atoms with E-state index in [-0.39, 0.29) is 73.0 Å². The number of methoxy groups -OCH3 is 3. The molecule has 14 heteroatoms. The molecule has 9 nitrogen and oxygen atoms in total. The van der Waals surface area contributed by atoms with Crippen molar-refractivity contribution in [3.63, 3.8) is 0 Å². The number of hydrogen-bond acceptors (Lipinski definition) is 7. The molecule has 2 unspecified atom stereocenters. The van der Waals surface area contributed by atoms with E-state index in [4.69, 9.17) is 24.7 Å². The van der Waals surface area contributed by atoms with Gasteiger partial charge in [0.2, 0.25) is 0 Å². The minimum Gasteiger partial charge on any atom is -1.00 e. The number of benzene rings is 3. The van der Waals surface area contributed by atoms with E-state index in [1.807, 2.05) is 84.0 Å². The van der Waals surface area contributed by atoms with Gasteiger partial charge in [0.25, 0.3) is 0 Å². The maximum absolute atomic E-state index is 12.6. The molecule has 0 bridgehead atoms. The molecule has 4 aliphatic rings. The number of nitrogens with one attached hydrogen (secondary N) is 1. The quantitative estimate of drug-likeness (QED) is 0.171. The maximum atomic E-state index is 12.6. The van der Waals surface area contributed by atoms with Gasteiger partial charge in [-0.15, -0.1) is 24.5 Å². The first-order chi connectivity index (χ1) is 29.5. The molecule has 1 aliphatic heterocycles. The zero-order valence-electron chi connectivity index (χ0n) is 41.1. The Balaban J connectivity index is 0.000000828. The van der Waals surface area contributed by atoms with Gasteiger partial charge < -0.3 is 41.7 Å². The first kappa shape index (κ1) is 63.4. The molecule has 3 aliphatic carbocycles. The molecule has 0 aromatic heterocycles. The van der Waals surface area contributed by atoms with Crippen LogP contribution in [0, 0.1) is 6.07 Å². The fourth-order valence-corrected chi connectivity index (χ4v) is 9.25. The monoisotopic (exact) mass is 1030 g/mol. The maximum Gasteiger partial charge on any atom is 2.00 e. The van der Waals surface area contributed by atoms with Crippen LogP contribution in [0.2, 0.25) is 0 Å². The van der Waals surface area contributed by atoms with Crippen molar-refractivity contribution in [3.05, 3.63) is 90.0 Å². The smallest absolute Gasteiger partial charge is 1.00 e. The van der Waals surface area contributed by atoms with Crippen LogP contribution in [-0.2, 0) is 37.8 Å². The van der Waals surface area contributed by atoms with E-state index in [0.29, 0.717) is 0 Å². The third-order valence-corrected chi connectivity index (χ3v) is 14.6. The van der Waals surface area contributed by atoms with Crippen LogP contribution < -0.4 is 41.6 Å². The van der Waals surface area contributed by atoms with Crippen LogP contribution in [0.25, 0.3) is 0 Å². The molecule has 65 heavy (non-hydrogen) atoms. The summed E-state index contributed by atoms with van der Waals surface area (Å²) in [4.78, 5) is 0. The second-order valence-electron chi connectivity index (χ2n) is 18.6. The predicted molar refractivity (Wildman–Crippen MR) is 274 cm³/mol. The zero-order chi connectivity index (χ0) is 45.5. The van der Waals surface area contributed by atoms with Crippen molar-refractivity contribution in [1.29, 1.82) is 0 Å². The molecule has 3 N–H and O–H groups in total. The standard InChI is InChI=1S/C17H27NO2S.C13H19NO.C10H19NOS.C7H7O.C4H8O.BrH.ClH.Mg/c1-16(2,3)21(19)18-17(11-6-5-7-12-17)14-9-8-10-15(13-14)20-4;1-15-12-7-5-6-11(10-12)13(14)8-3-2-4-9-13;1-10(2,3)13(12)11-9-7-5-4-6-8-9;1-8-7-5-3-2-4-6-7;1-2-4-5-3-1;;;/h8-10,13,18H,5-7,11-12H2,1-4H3;5-7,10H,2-4,8-9,14H2,1H3;4-8H2,1-3H3;2-3,5-6H,1H3;1-4H2;2*1H;/q;;;-1;;;;+2/p-1. The molecule has 4 fully saturated rings. The number of halogens is 2. The van der Waals surface area contributed by atoms with Gasteiger partial charge in [-0.1, -0.05) is 69.2 Å². The Morgan fingerprint density at radius 1 is 0.662 bits per heavy atom. The van der Waals surface area contributed by atoms with Crippen molar-refractivity contribution in [2.45, 2.75) is 171 Å². The van der Waals surface area contributed by atoms with E-state index in [2.05, 4.69) is 39.5 Å². The summed E-state index contributed by atoms with van der Waals surface area (Å²) in [5.41, 5.74) is 9.72. The molecule has 0 amide bonds. The van der Waals surface area contributed by atoms with E-state index >= 15 is 0 Å². The molecular formula is C51H81BrClMgN3O6S2. The molecule has 1 saturated heterocycles. The number of rotatable bonds is 8. The van der Waals surface area contributed by atoms with Gasteiger partial charge in [0.05, 0.1) is 47.3 Å². The van der Waals surface area contributed by atoms with Crippen LogP contribution in [0.4, 0.5) is 0 Å². The van der Waals surface area contributed by atoms with Gasteiger partial charge in [-0.2, -0.15) is 22.6 Å². The van der Waals surface area contributed by atoms with Gasteiger partial charge in [-0.25, -0.2) is 13.1 Å². The van der Waals surface area contributed by atoms with Crippen molar-refractivity contribution in [2.24, 2.45) is 10.1 Å². The third-order valence-electron chi connectivity index (χ3n) is 11.5. The summed E-state index contributed by atoms with van der Waals surface area (Å²) in [7, 11) is 2.91. The Labute approximate surface area is 432 Å². The minimum atomic E-state index is -1.07. The number of nitrogens with zero attached hydrogens (tertiary/aromatic N) is 1. The minimum absolute atomic E-state index is 0. The molecule has 7 rings (SSSR count). The van der Waals surface area contributed by atoms with Gasteiger partial charge >= 0.3 is 23.1 Å². The molecule has 3 saturated carbocycles. The van der Waals surface area contributed by atoms with E-state index < -0.39 is 22.0 Å². The summed E-state index contributed by atoms with van der Waals surface area (Å²) in [6, 6.07) is 26.7. The zero-order valence-corrected chi connectivity index (χ0v) is 46.6. The summed E-state index contributed by atoms with van der Waals surface area (Å²) >= 11 is 0. The number of nitrogens with two attached hydrogens (primary N) is 1. The van der Waals surface area contributed by atoms with E-state index in [1.165, 1.54) is 87.5 Å². The fourth-order valence-electron chi connectivity index (χ4n) is 7.58. The average molecular weight is 1040 g/mol. The Morgan fingerprint density at radius 2 is 1.14 bits per heavy atom. The molecular weight excluding hydrogens is 954 g/mol. The SMILES string of the molecule is C1CCOC1.CC(C)(C)S(=O)N=C1CCCCC1.COc1c[c-]ccc1.COc1cccc(C2(N)CCCCC2)c1.COc1cccc(C2(NS(=O)C(C)(C)C)CCCCC2)c1.Cl.[Br-].[Mg+2]. The Morgan fingerprint density at radius 3 is 1.57 bits per heavy atom. The third kappa shape index (κ3) is 23.5. The van der Waals surface area contributed by atoms with Gasteiger partial charge in [0.1, 0.15) is 22.5 Å². The Hall–Kier alpha value is -1.55. The largest absolute Gasteiger partial charge is 2.00 e. The van der Waals surface area contributed by atoms with Crippen molar-refractivity contribution in [2.75, 3.05) is 34.5 Å². The van der Waals surface area contributed by atoms with Crippen molar-refractivity contribution < 1.29 is 44.3 Å². The normalized spacial score (nSPS) is 18.2. The first-order valence-electron chi connectivity index (χ1n) is 22.9. The summed E-state index contributed by atoms with van der Waals surface area (Å²) in [6.07, 6.45) is 20.1. The second-order valence-corrected chi connectivity index (χ2v) is 22.5. The average Bonchev–Trinajstić information content (AvgIpc) is 3.89. The van der Waals surface area contributed by atoms with Crippen LogP contribution in [0.3, 0.4) is 0 Å². The summed E-state index contributed by atoms with van der Waals surface area (Å²) < 4.78 is 52.0. The van der Waals surface area contributed by atoms with Crippen molar-refractivity contribution >= 4 is 63.1 Å². The Bertz CT molecular complexity index is 1780. The van der Waals surface area contributed by atoms with Gasteiger partial charge in [0.15, 0.2) is 0 Å². The van der Waals surface area contributed by atoms with Crippen LogP contribution in [0.1, 0.15) is 162 Å². The molecule has 364 valence electrons. The molecule has 3 aromatic carbocycles. The molecule has 1 heterocycles. The fraction of sp³-hybridized carbons (Fsp3) is 0.627. The summed E-state index contributed by atoms with van der Waals surface area (Å²) in [5, 5.41) is 0. The molecule has 2 atom stereocenters. The summed E-state index contributed by atoms with van der Waals surface area (Å²) in [6.45, 7) is 13.9. The number of hydrogen-bond donors (Lipinski definition) is 2. The van der Waals surface area contributed by atoms with E-state index in [9.17, 15) is 8.42 Å². The summed E-state index contributed by atoms with van der Waals surface area (Å²) in [5.74, 6) is 2.62. The molecule has 0 radical (unpaired) electrons. The molecule has 3 aromatic rings. The van der Waals surface area contributed by atoms with Crippen molar-refractivity contribution in [1.82, 2.24) is 4.72 Å². The van der Waals surface area contributed by atoms with Crippen LogP contribution in [0.5, 0.6) is 17.2 Å². The first-order valence-corrected chi connectivity index (χ1v) is 25.1. The van der Waals surface area contributed by atoms with E-state index in [0.717, 1.165) is 69.0 Å². The topological polar surface area (TPSA) is 121 Å². The van der Waals surface area contributed by atoms with Crippen LogP contribution in [-0.4, -0.2) is 81.2 Å². The van der Waals surface area contributed by atoms with Gasteiger partial charge in [-0.05, 0) is 141 Å². The second kappa shape index (κ2) is 33.1. The Kier molecular flexibility index (Phi) is 32.3. The van der Waals surface area contributed by atoms with Gasteiger partial charge in [0, 0.05) is 30.2 Å². The predicted octanol–water partition coefficient (Wildman–Crippen LogP) is 8.91. The van der Waals surface area contributed by atoms with Crippen LogP contribution >= 0.6 is 12.4 Å². The van der Waals surface area contributed by atoms with Crippen molar-refractivity contribution in [3.8, 4) is 17.2 Å². The molecule has 0 spiro atoms. The van der Waals surface area contributed by atoms with Gasteiger partial charge in [-0.3, -0.25) is 0 Å².